The summed E-state index contributed by atoms with van der Waals surface area (Å²) < 4.78 is 8.22. The normalized spacial score (nSPS) is 17.4. The van der Waals surface area contributed by atoms with Crippen molar-refractivity contribution in [1.82, 2.24) is 19.2 Å². The third-order valence-corrected chi connectivity index (χ3v) is 7.42. The zero-order chi connectivity index (χ0) is 23.0. The average molecular weight is 455 g/mol. The second kappa shape index (κ2) is 8.73. The molecule has 0 spiro atoms. The summed E-state index contributed by atoms with van der Waals surface area (Å²) in [5.41, 5.74) is 3.19. The van der Waals surface area contributed by atoms with Crippen molar-refractivity contribution in [3.63, 3.8) is 0 Å². The maximum absolute atomic E-state index is 14.0. The van der Waals surface area contributed by atoms with Crippen LogP contribution in [-0.2, 0) is 27.9 Å². The SMILES string of the molecule is CCOC(=O)Cn1nc(SCC(C)C)n2c(=O)c3c(nc12)-c1ccccc1CC3(C)CC. The van der Waals surface area contributed by atoms with Crippen molar-refractivity contribution in [2.24, 2.45) is 5.92 Å². The van der Waals surface area contributed by atoms with Gasteiger partial charge >= 0.3 is 5.97 Å². The molecule has 0 amide bonds. The van der Waals surface area contributed by atoms with Crippen molar-refractivity contribution >= 4 is 23.5 Å². The first-order valence-electron chi connectivity index (χ1n) is 11.2. The van der Waals surface area contributed by atoms with Crippen molar-refractivity contribution in [2.75, 3.05) is 12.4 Å². The monoisotopic (exact) mass is 454 g/mol. The third kappa shape index (κ3) is 3.85. The van der Waals surface area contributed by atoms with E-state index in [0.29, 0.717) is 22.5 Å². The lowest BCUT2D eigenvalue weighted by Crippen LogP contribution is -2.38. The molecular formula is C24H30N4O3S. The van der Waals surface area contributed by atoms with Gasteiger partial charge in [0.25, 0.3) is 5.56 Å². The minimum Gasteiger partial charge on any atom is -0.465 e. The van der Waals surface area contributed by atoms with E-state index in [-0.39, 0.29) is 24.1 Å². The van der Waals surface area contributed by atoms with E-state index in [4.69, 9.17) is 9.72 Å². The van der Waals surface area contributed by atoms with E-state index >= 15 is 0 Å². The molecule has 32 heavy (non-hydrogen) atoms. The molecule has 1 aliphatic rings. The number of hydrogen-bond donors (Lipinski definition) is 0. The molecule has 0 saturated heterocycles. The minimum atomic E-state index is -0.399. The summed E-state index contributed by atoms with van der Waals surface area (Å²) in [6.07, 6.45) is 1.61. The van der Waals surface area contributed by atoms with Gasteiger partial charge in [-0.2, -0.15) is 0 Å². The maximum Gasteiger partial charge on any atom is 0.327 e. The van der Waals surface area contributed by atoms with Gasteiger partial charge in [-0.25, -0.2) is 14.1 Å². The van der Waals surface area contributed by atoms with E-state index < -0.39 is 5.97 Å². The predicted molar refractivity (Wildman–Crippen MR) is 126 cm³/mol. The molecule has 1 aliphatic carbocycles. The molecule has 1 unspecified atom stereocenters. The van der Waals surface area contributed by atoms with Crippen LogP contribution < -0.4 is 5.56 Å². The number of carbonyl (C=O) groups is 1. The first kappa shape index (κ1) is 22.6. The Labute approximate surface area is 192 Å². The van der Waals surface area contributed by atoms with Crippen molar-refractivity contribution in [1.29, 1.82) is 0 Å². The molecule has 0 aliphatic heterocycles. The average Bonchev–Trinajstić information content (AvgIpc) is 3.10. The number of carbonyl (C=O) groups excluding carboxylic acids is 1. The third-order valence-electron chi connectivity index (χ3n) is 6.06. The highest BCUT2D eigenvalue weighted by Crippen LogP contribution is 2.42. The molecule has 7 nitrogen and oxygen atoms in total. The molecule has 0 N–H and O–H groups in total. The zero-order valence-electron chi connectivity index (χ0n) is 19.3. The van der Waals surface area contributed by atoms with Gasteiger partial charge in [0.1, 0.15) is 6.54 Å². The molecule has 8 heteroatoms. The quantitative estimate of drug-likeness (QED) is 0.395. The number of fused-ring (bicyclic) bond motifs is 4. The molecule has 170 valence electrons. The lowest BCUT2D eigenvalue weighted by Gasteiger charge is -2.35. The summed E-state index contributed by atoms with van der Waals surface area (Å²) in [6, 6.07) is 8.12. The van der Waals surface area contributed by atoms with E-state index in [9.17, 15) is 9.59 Å². The Morgan fingerprint density at radius 2 is 2.03 bits per heavy atom. The Hall–Kier alpha value is -2.61. The van der Waals surface area contributed by atoms with Crippen LogP contribution in [0.3, 0.4) is 0 Å². The highest BCUT2D eigenvalue weighted by atomic mass is 32.2. The highest BCUT2D eigenvalue weighted by molar-refractivity contribution is 7.99. The zero-order valence-corrected chi connectivity index (χ0v) is 20.2. The van der Waals surface area contributed by atoms with Crippen LogP contribution in [0.2, 0.25) is 0 Å². The number of hydrogen-bond acceptors (Lipinski definition) is 6. The second-order valence-corrected chi connectivity index (χ2v) is 9.96. The van der Waals surface area contributed by atoms with E-state index in [2.05, 4.69) is 38.9 Å². The minimum absolute atomic E-state index is 0.0858. The fraction of sp³-hybridized carbons (Fsp3) is 0.500. The lowest BCUT2D eigenvalue weighted by atomic mass is 9.69. The molecule has 0 bridgehead atoms. The molecule has 1 aromatic carbocycles. The Morgan fingerprint density at radius 3 is 2.72 bits per heavy atom. The predicted octanol–water partition coefficient (Wildman–Crippen LogP) is 4.09. The summed E-state index contributed by atoms with van der Waals surface area (Å²) in [5.74, 6) is 1.22. The topological polar surface area (TPSA) is 78.5 Å². The van der Waals surface area contributed by atoms with Gasteiger partial charge in [0.15, 0.2) is 5.16 Å². The van der Waals surface area contributed by atoms with Crippen LogP contribution >= 0.6 is 11.8 Å². The van der Waals surface area contributed by atoms with Crippen LogP contribution in [0.1, 0.15) is 52.2 Å². The van der Waals surface area contributed by atoms with Crippen molar-refractivity contribution in [3.8, 4) is 11.3 Å². The van der Waals surface area contributed by atoms with E-state index in [1.165, 1.54) is 22.0 Å². The van der Waals surface area contributed by atoms with Gasteiger partial charge in [0.05, 0.1) is 17.9 Å². The Kier molecular flexibility index (Phi) is 6.16. The van der Waals surface area contributed by atoms with Crippen LogP contribution in [0.4, 0.5) is 0 Å². The Morgan fingerprint density at radius 1 is 1.28 bits per heavy atom. The molecule has 0 saturated carbocycles. The van der Waals surface area contributed by atoms with Gasteiger partial charge in [0, 0.05) is 16.7 Å². The van der Waals surface area contributed by atoms with E-state index in [0.717, 1.165) is 29.7 Å². The summed E-state index contributed by atoms with van der Waals surface area (Å²) in [6.45, 7) is 10.5. The van der Waals surface area contributed by atoms with Crippen molar-refractivity contribution in [3.05, 3.63) is 45.7 Å². The number of rotatable bonds is 7. The number of nitrogens with zero attached hydrogens (tertiary/aromatic N) is 4. The molecule has 2 aromatic heterocycles. The first-order valence-corrected chi connectivity index (χ1v) is 12.2. The van der Waals surface area contributed by atoms with E-state index in [1.54, 1.807) is 11.3 Å². The Bertz CT molecular complexity index is 1230. The summed E-state index contributed by atoms with van der Waals surface area (Å²) >= 11 is 1.52. The maximum atomic E-state index is 14.0. The number of esters is 1. The molecule has 3 aromatic rings. The Balaban J connectivity index is 2.00. The van der Waals surface area contributed by atoms with Crippen LogP contribution in [-0.4, -0.2) is 37.5 Å². The van der Waals surface area contributed by atoms with Gasteiger partial charge < -0.3 is 4.74 Å². The molecular weight excluding hydrogens is 424 g/mol. The summed E-state index contributed by atoms with van der Waals surface area (Å²) in [5, 5.41) is 5.19. The molecule has 2 heterocycles. The molecule has 4 rings (SSSR count). The fourth-order valence-electron chi connectivity index (χ4n) is 4.27. The first-order chi connectivity index (χ1) is 15.3. The largest absolute Gasteiger partial charge is 0.465 e. The second-order valence-electron chi connectivity index (χ2n) is 8.97. The molecule has 0 radical (unpaired) electrons. The number of thioether (sulfide) groups is 1. The fourth-order valence-corrected chi connectivity index (χ4v) is 5.20. The van der Waals surface area contributed by atoms with E-state index in [1.807, 2.05) is 18.2 Å². The standard InChI is InChI=1S/C24H30N4O3S/c1-6-24(5)12-16-10-8-9-11-17(16)20-19(24)21(30)28-22(25-20)27(13-18(29)31-7-2)26-23(28)32-14-15(3)4/h8-11,15H,6-7,12-14H2,1-5H3. The van der Waals surface area contributed by atoms with Crippen LogP contribution in [0.25, 0.3) is 17.0 Å². The van der Waals surface area contributed by atoms with Gasteiger partial charge in [-0.05, 0) is 31.2 Å². The number of benzene rings is 1. The van der Waals surface area contributed by atoms with Gasteiger partial charge in [-0.1, -0.05) is 63.7 Å². The number of aromatic nitrogens is 4. The van der Waals surface area contributed by atoms with Crippen LogP contribution in [0, 0.1) is 5.92 Å². The van der Waals surface area contributed by atoms with Gasteiger partial charge in [-0.15, -0.1) is 5.10 Å². The van der Waals surface area contributed by atoms with Gasteiger partial charge in [-0.3, -0.25) is 9.59 Å². The van der Waals surface area contributed by atoms with Crippen molar-refractivity contribution < 1.29 is 9.53 Å². The van der Waals surface area contributed by atoms with Crippen LogP contribution in [0.15, 0.2) is 34.2 Å². The highest BCUT2D eigenvalue weighted by Gasteiger charge is 2.38. The van der Waals surface area contributed by atoms with Crippen LogP contribution in [0.5, 0.6) is 0 Å². The molecule has 0 fully saturated rings. The van der Waals surface area contributed by atoms with Crippen molar-refractivity contribution in [2.45, 2.75) is 64.6 Å². The summed E-state index contributed by atoms with van der Waals surface area (Å²) in [7, 11) is 0. The smallest absolute Gasteiger partial charge is 0.327 e. The van der Waals surface area contributed by atoms with Gasteiger partial charge in [0.2, 0.25) is 5.78 Å². The number of ether oxygens (including phenoxy) is 1. The summed E-state index contributed by atoms with van der Waals surface area (Å²) in [4.78, 5) is 31.2. The lowest BCUT2D eigenvalue weighted by molar-refractivity contribution is -0.143. The molecule has 1 atom stereocenters.